The minimum atomic E-state index is -0.633. The van der Waals surface area contributed by atoms with Gasteiger partial charge in [0.2, 0.25) is 0 Å². The summed E-state index contributed by atoms with van der Waals surface area (Å²) in [5.74, 6) is -0.288. The molecule has 23 heavy (non-hydrogen) atoms. The van der Waals surface area contributed by atoms with Crippen molar-refractivity contribution in [3.05, 3.63) is 65.7 Å². The van der Waals surface area contributed by atoms with Crippen LogP contribution in [0.2, 0.25) is 0 Å². The van der Waals surface area contributed by atoms with Gasteiger partial charge in [-0.3, -0.25) is 9.88 Å². The number of hydrogen-bond donors (Lipinski definition) is 1. The fraction of sp³-hybridized carbons (Fsp3) is 0.389. The Kier molecular flexibility index (Phi) is 6.65. The molecular weight excluding hydrogens is 295 g/mol. The molecule has 5 heteroatoms. The van der Waals surface area contributed by atoms with Crippen LogP contribution in [0, 0.1) is 5.82 Å². The molecule has 0 aliphatic carbocycles. The standard InChI is InChI=1S/C18H23FN2O2/c1-14(15-7-5-9-20-10-15)21(2)11-17(22)13-23-12-16-6-3-4-8-18(16)19/h3-10,14,17,22H,11-13H2,1-2H3. The monoisotopic (exact) mass is 318 g/mol. The second kappa shape index (κ2) is 8.72. The van der Waals surface area contributed by atoms with Gasteiger partial charge in [0, 0.05) is 30.5 Å². The molecule has 0 amide bonds. The predicted octanol–water partition coefficient (Wildman–Crippen LogP) is 2.79. The molecule has 0 aliphatic rings. The maximum atomic E-state index is 13.5. The summed E-state index contributed by atoms with van der Waals surface area (Å²) in [6, 6.07) is 10.5. The second-order valence-electron chi connectivity index (χ2n) is 5.66. The van der Waals surface area contributed by atoms with Gasteiger partial charge >= 0.3 is 0 Å². The van der Waals surface area contributed by atoms with Crippen LogP contribution in [0.25, 0.3) is 0 Å². The summed E-state index contributed by atoms with van der Waals surface area (Å²) in [6.07, 6.45) is 2.93. The molecule has 0 spiro atoms. The highest BCUT2D eigenvalue weighted by Gasteiger charge is 2.15. The third-order valence-corrected chi connectivity index (χ3v) is 3.85. The minimum Gasteiger partial charge on any atom is -0.389 e. The molecule has 1 heterocycles. The molecule has 2 atom stereocenters. The Balaban J connectivity index is 1.76. The molecule has 0 saturated heterocycles. The van der Waals surface area contributed by atoms with Crippen LogP contribution in [0.4, 0.5) is 4.39 Å². The van der Waals surface area contributed by atoms with Gasteiger partial charge in [0.1, 0.15) is 5.82 Å². The number of pyridine rings is 1. The number of nitrogens with zero attached hydrogens (tertiary/aromatic N) is 2. The Morgan fingerprint density at radius 2 is 2.04 bits per heavy atom. The first kappa shape index (κ1) is 17.5. The first-order valence-electron chi connectivity index (χ1n) is 7.67. The van der Waals surface area contributed by atoms with Crippen molar-refractivity contribution in [2.45, 2.75) is 25.7 Å². The fourth-order valence-electron chi connectivity index (χ4n) is 2.34. The lowest BCUT2D eigenvalue weighted by Crippen LogP contribution is -2.34. The Bertz CT molecular complexity index is 595. The van der Waals surface area contributed by atoms with Gasteiger partial charge in [-0.15, -0.1) is 0 Å². The molecule has 0 aliphatic heterocycles. The van der Waals surface area contributed by atoms with E-state index in [1.807, 2.05) is 30.3 Å². The molecule has 0 fully saturated rings. The first-order chi connectivity index (χ1) is 11.1. The number of aromatic nitrogens is 1. The van der Waals surface area contributed by atoms with Crippen molar-refractivity contribution in [2.75, 3.05) is 20.2 Å². The Morgan fingerprint density at radius 3 is 2.74 bits per heavy atom. The number of benzene rings is 1. The quantitative estimate of drug-likeness (QED) is 0.813. The molecule has 2 unspecified atom stereocenters. The van der Waals surface area contributed by atoms with Gasteiger partial charge in [0.15, 0.2) is 0 Å². The van der Waals surface area contributed by atoms with Crippen molar-refractivity contribution in [1.82, 2.24) is 9.88 Å². The number of ether oxygens (including phenoxy) is 1. The molecule has 4 nitrogen and oxygen atoms in total. The van der Waals surface area contributed by atoms with Crippen LogP contribution in [-0.2, 0) is 11.3 Å². The molecular formula is C18H23FN2O2. The van der Waals surface area contributed by atoms with Gasteiger partial charge in [0.05, 0.1) is 19.3 Å². The average Bonchev–Trinajstić information content (AvgIpc) is 2.56. The molecule has 2 rings (SSSR count). The third kappa shape index (κ3) is 5.39. The van der Waals surface area contributed by atoms with E-state index < -0.39 is 6.10 Å². The van der Waals surface area contributed by atoms with Gasteiger partial charge in [0.25, 0.3) is 0 Å². The summed E-state index contributed by atoms with van der Waals surface area (Å²) in [5.41, 5.74) is 1.59. The molecule has 0 radical (unpaired) electrons. The first-order valence-corrected chi connectivity index (χ1v) is 7.67. The average molecular weight is 318 g/mol. The zero-order valence-corrected chi connectivity index (χ0v) is 13.5. The zero-order chi connectivity index (χ0) is 16.7. The Morgan fingerprint density at radius 1 is 1.26 bits per heavy atom. The van der Waals surface area contributed by atoms with Crippen molar-refractivity contribution in [3.8, 4) is 0 Å². The van der Waals surface area contributed by atoms with Crippen LogP contribution in [0.5, 0.6) is 0 Å². The van der Waals surface area contributed by atoms with E-state index in [4.69, 9.17) is 4.74 Å². The summed E-state index contributed by atoms with van der Waals surface area (Å²) in [5, 5.41) is 10.1. The fourth-order valence-corrected chi connectivity index (χ4v) is 2.34. The van der Waals surface area contributed by atoms with Crippen LogP contribution in [-0.4, -0.2) is 41.3 Å². The molecule has 0 saturated carbocycles. The number of halogens is 1. The van der Waals surface area contributed by atoms with E-state index in [2.05, 4.69) is 11.9 Å². The van der Waals surface area contributed by atoms with Crippen molar-refractivity contribution < 1.29 is 14.2 Å². The number of aliphatic hydroxyl groups is 1. The molecule has 1 aromatic carbocycles. The SMILES string of the molecule is CC(c1cccnc1)N(C)CC(O)COCc1ccccc1F. The molecule has 1 aromatic heterocycles. The van der Waals surface area contributed by atoms with Crippen molar-refractivity contribution in [3.63, 3.8) is 0 Å². The van der Waals surface area contributed by atoms with Crippen LogP contribution in [0.3, 0.4) is 0 Å². The summed E-state index contributed by atoms with van der Waals surface area (Å²) in [6.45, 7) is 2.85. The number of rotatable bonds is 8. The molecule has 2 aromatic rings. The van der Waals surface area contributed by atoms with E-state index in [1.165, 1.54) is 6.07 Å². The maximum absolute atomic E-state index is 13.5. The van der Waals surface area contributed by atoms with Gasteiger partial charge < -0.3 is 9.84 Å². The van der Waals surface area contributed by atoms with E-state index >= 15 is 0 Å². The van der Waals surface area contributed by atoms with Crippen molar-refractivity contribution in [2.24, 2.45) is 0 Å². The highest BCUT2D eigenvalue weighted by Crippen LogP contribution is 2.17. The highest BCUT2D eigenvalue weighted by molar-refractivity contribution is 5.16. The van der Waals surface area contributed by atoms with E-state index in [9.17, 15) is 9.50 Å². The van der Waals surface area contributed by atoms with E-state index in [0.29, 0.717) is 12.1 Å². The smallest absolute Gasteiger partial charge is 0.128 e. The number of likely N-dealkylation sites (N-methyl/N-ethyl adjacent to an activating group) is 1. The second-order valence-corrected chi connectivity index (χ2v) is 5.66. The Labute approximate surface area is 136 Å². The lowest BCUT2D eigenvalue weighted by atomic mass is 10.1. The number of aliphatic hydroxyl groups excluding tert-OH is 1. The molecule has 1 N–H and O–H groups in total. The van der Waals surface area contributed by atoms with Gasteiger partial charge in [-0.1, -0.05) is 24.3 Å². The summed E-state index contributed by atoms with van der Waals surface area (Å²) < 4.78 is 18.9. The minimum absolute atomic E-state index is 0.143. The van der Waals surface area contributed by atoms with Crippen LogP contribution in [0.1, 0.15) is 24.1 Å². The van der Waals surface area contributed by atoms with Crippen LogP contribution in [0.15, 0.2) is 48.8 Å². The molecule has 124 valence electrons. The normalized spacial score (nSPS) is 14.0. The van der Waals surface area contributed by atoms with E-state index in [-0.39, 0.29) is 25.1 Å². The number of hydrogen-bond acceptors (Lipinski definition) is 4. The zero-order valence-electron chi connectivity index (χ0n) is 13.5. The lowest BCUT2D eigenvalue weighted by molar-refractivity contribution is 0.00777. The van der Waals surface area contributed by atoms with Crippen molar-refractivity contribution >= 4 is 0 Å². The largest absolute Gasteiger partial charge is 0.389 e. The van der Waals surface area contributed by atoms with Gasteiger partial charge in [-0.25, -0.2) is 4.39 Å². The Hall–Kier alpha value is -1.82. The van der Waals surface area contributed by atoms with E-state index in [0.717, 1.165) is 5.56 Å². The maximum Gasteiger partial charge on any atom is 0.128 e. The third-order valence-electron chi connectivity index (χ3n) is 3.85. The van der Waals surface area contributed by atoms with Crippen LogP contribution >= 0.6 is 0 Å². The highest BCUT2D eigenvalue weighted by atomic mass is 19.1. The summed E-state index contributed by atoms with van der Waals surface area (Å²) >= 11 is 0. The van der Waals surface area contributed by atoms with Gasteiger partial charge in [-0.2, -0.15) is 0 Å². The van der Waals surface area contributed by atoms with Crippen molar-refractivity contribution in [1.29, 1.82) is 0 Å². The van der Waals surface area contributed by atoms with E-state index in [1.54, 1.807) is 24.4 Å². The summed E-state index contributed by atoms with van der Waals surface area (Å²) in [4.78, 5) is 6.15. The molecule has 0 bridgehead atoms. The topological polar surface area (TPSA) is 45.6 Å². The van der Waals surface area contributed by atoms with Gasteiger partial charge in [-0.05, 0) is 31.7 Å². The summed E-state index contributed by atoms with van der Waals surface area (Å²) in [7, 11) is 1.94. The van der Waals surface area contributed by atoms with Crippen LogP contribution < -0.4 is 0 Å². The predicted molar refractivity (Wildman–Crippen MR) is 87.3 cm³/mol. The lowest BCUT2D eigenvalue weighted by Gasteiger charge is -2.27.